The standard InChI is InChI=1S/C19H21N3O2S.C18H18N4OS/c1-24-19-9-13(7-8-21-19)15-6-5-12-3-2-4-14(12)16(15)10-18(23)22-11-17(20)25;1-23-17-9-12(7-8-19-17)14-6-5-11-3-2-4-13(11)15(14)10-16-20-18(24)22-21-16/h5-9H,2-4,10-11H2,1H3,(H2,20,25)(H,22,23);5-9H,2-4,10H2,1H3,(H2,20,21,22,24). The van der Waals surface area contributed by atoms with Gasteiger partial charge in [-0.1, -0.05) is 36.5 Å². The SMILES string of the molecule is COc1cc(-c2ccc3c(c2CC(=O)NCC(N)=S)CCC3)ccn1.COc1cc(-c2ccc3c(c2Cc2nc(=S)[nH][nH]2)CCC3)ccn1. The molecular weight excluding hydrogens is 655 g/mol. The Kier molecular flexibility index (Phi) is 10.8. The third-order valence-electron chi connectivity index (χ3n) is 9.00. The van der Waals surface area contributed by atoms with E-state index in [0.29, 0.717) is 23.0 Å². The molecule has 49 heavy (non-hydrogen) atoms. The van der Waals surface area contributed by atoms with E-state index in [4.69, 9.17) is 39.6 Å². The summed E-state index contributed by atoms with van der Waals surface area (Å²) >= 11 is 9.92. The highest BCUT2D eigenvalue weighted by molar-refractivity contribution is 7.80. The van der Waals surface area contributed by atoms with Crippen molar-refractivity contribution < 1.29 is 14.3 Å². The molecule has 0 aliphatic heterocycles. The van der Waals surface area contributed by atoms with Crippen molar-refractivity contribution in [2.75, 3.05) is 20.8 Å². The van der Waals surface area contributed by atoms with E-state index in [1.165, 1.54) is 39.8 Å². The second-order valence-electron chi connectivity index (χ2n) is 12.0. The van der Waals surface area contributed by atoms with Crippen LogP contribution >= 0.6 is 24.4 Å². The molecule has 2 aliphatic rings. The van der Waals surface area contributed by atoms with Crippen LogP contribution in [0.2, 0.25) is 0 Å². The summed E-state index contributed by atoms with van der Waals surface area (Å²) in [6.45, 7) is 0.224. The molecule has 0 atom stereocenters. The van der Waals surface area contributed by atoms with E-state index in [1.807, 2.05) is 24.3 Å². The number of fused-ring (bicyclic) bond motifs is 2. The fourth-order valence-corrected chi connectivity index (χ4v) is 7.00. The highest BCUT2D eigenvalue weighted by Gasteiger charge is 2.22. The molecule has 0 spiro atoms. The van der Waals surface area contributed by atoms with Gasteiger partial charge in [-0.15, -0.1) is 0 Å². The quantitative estimate of drug-likeness (QED) is 0.133. The Labute approximate surface area is 295 Å². The number of aromatic nitrogens is 5. The first-order valence-corrected chi connectivity index (χ1v) is 17.1. The van der Waals surface area contributed by atoms with Crippen molar-refractivity contribution in [3.8, 4) is 34.0 Å². The molecule has 0 saturated carbocycles. The Morgan fingerprint density at radius 2 is 1.41 bits per heavy atom. The number of H-pyrrole nitrogens is 2. The fourth-order valence-electron chi connectivity index (χ4n) is 6.77. The van der Waals surface area contributed by atoms with Crippen LogP contribution in [0.15, 0.2) is 60.9 Å². The van der Waals surface area contributed by atoms with Gasteiger partial charge >= 0.3 is 0 Å². The number of rotatable bonds is 10. The van der Waals surface area contributed by atoms with Crippen molar-refractivity contribution in [1.82, 2.24) is 30.5 Å². The summed E-state index contributed by atoms with van der Waals surface area (Å²) in [5.74, 6) is 1.97. The molecule has 2 aliphatic carbocycles. The second kappa shape index (κ2) is 15.5. The van der Waals surface area contributed by atoms with E-state index in [1.54, 1.807) is 26.6 Å². The molecule has 12 heteroatoms. The predicted molar refractivity (Wildman–Crippen MR) is 197 cm³/mol. The van der Waals surface area contributed by atoms with Crippen molar-refractivity contribution in [1.29, 1.82) is 0 Å². The summed E-state index contributed by atoms with van der Waals surface area (Å²) in [6.07, 6.45) is 11.2. The van der Waals surface area contributed by atoms with Gasteiger partial charge in [-0.25, -0.2) is 15.0 Å². The van der Waals surface area contributed by atoms with Crippen LogP contribution in [0.1, 0.15) is 52.0 Å². The van der Waals surface area contributed by atoms with Gasteiger partial charge in [0.1, 0.15) is 5.82 Å². The maximum absolute atomic E-state index is 12.4. The molecule has 2 aromatic carbocycles. The summed E-state index contributed by atoms with van der Waals surface area (Å²) < 4.78 is 11.0. The van der Waals surface area contributed by atoms with Gasteiger partial charge in [0.05, 0.1) is 32.2 Å². The highest BCUT2D eigenvalue weighted by Crippen LogP contribution is 2.36. The molecule has 1 amide bonds. The molecule has 0 unspecified atom stereocenters. The molecule has 3 heterocycles. The van der Waals surface area contributed by atoms with E-state index >= 15 is 0 Å². The number of nitrogens with two attached hydrogens (primary N) is 1. The topological polar surface area (TPSA) is 144 Å². The lowest BCUT2D eigenvalue weighted by molar-refractivity contribution is -0.120. The maximum atomic E-state index is 12.4. The van der Waals surface area contributed by atoms with E-state index in [9.17, 15) is 4.79 Å². The Morgan fingerprint density at radius 3 is 1.94 bits per heavy atom. The van der Waals surface area contributed by atoms with Crippen LogP contribution < -0.4 is 20.5 Å². The summed E-state index contributed by atoms with van der Waals surface area (Å²) in [4.78, 5) is 25.4. The zero-order valence-corrected chi connectivity index (χ0v) is 29.2. The Morgan fingerprint density at radius 1 is 0.837 bits per heavy atom. The van der Waals surface area contributed by atoms with Gasteiger partial charge < -0.3 is 20.5 Å². The zero-order valence-electron chi connectivity index (χ0n) is 27.6. The van der Waals surface area contributed by atoms with Gasteiger partial charge in [-0.3, -0.25) is 15.0 Å². The molecule has 3 aromatic heterocycles. The molecule has 5 aromatic rings. The van der Waals surface area contributed by atoms with Crippen molar-refractivity contribution in [2.45, 2.75) is 51.4 Å². The predicted octanol–water partition coefficient (Wildman–Crippen LogP) is 5.81. The number of aromatic amines is 2. The number of nitrogens with one attached hydrogen (secondary N) is 3. The van der Waals surface area contributed by atoms with E-state index in [2.05, 4.69) is 54.7 Å². The lowest BCUT2D eigenvalue weighted by atomic mass is 9.91. The van der Waals surface area contributed by atoms with Crippen molar-refractivity contribution in [3.05, 3.63) is 105 Å². The fraction of sp³-hybridized carbons (Fsp3) is 0.297. The number of benzene rings is 2. The Bertz CT molecular complexity index is 2060. The van der Waals surface area contributed by atoms with E-state index in [-0.39, 0.29) is 17.4 Å². The lowest BCUT2D eigenvalue weighted by Crippen LogP contribution is -2.33. The molecule has 7 rings (SSSR count). The van der Waals surface area contributed by atoms with E-state index < -0.39 is 0 Å². The highest BCUT2D eigenvalue weighted by atomic mass is 32.1. The average molecular weight is 694 g/mol. The number of carbonyl (C=O) groups is 1. The third kappa shape index (κ3) is 8.03. The number of amides is 1. The number of carbonyl (C=O) groups excluding carboxylic acids is 1. The third-order valence-corrected chi connectivity index (χ3v) is 9.34. The Hall–Kier alpha value is -4.94. The summed E-state index contributed by atoms with van der Waals surface area (Å²) in [5, 5.41) is 8.73. The number of nitrogens with zero attached hydrogens (tertiary/aromatic N) is 3. The number of hydrogen-bond donors (Lipinski definition) is 4. The normalized spacial score (nSPS) is 12.8. The minimum atomic E-state index is -0.0737. The molecule has 0 fully saturated rings. The number of methoxy groups -OCH3 is 2. The number of hydrogen-bond acceptors (Lipinski definition) is 8. The number of pyridine rings is 2. The van der Waals surface area contributed by atoms with Crippen LogP contribution in [0, 0.1) is 4.77 Å². The molecule has 0 bridgehead atoms. The summed E-state index contributed by atoms with van der Waals surface area (Å²) in [7, 11) is 3.23. The maximum Gasteiger partial charge on any atom is 0.224 e. The van der Waals surface area contributed by atoms with Crippen LogP contribution in [0.4, 0.5) is 0 Å². The van der Waals surface area contributed by atoms with Crippen LogP contribution in [-0.2, 0) is 43.3 Å². The Balaban J connectivity index is 0.000000170. The minimum absolute atomic E-state index is 0.0737. The molecule has 5 N–H and O–H groups in total. The van der Waals surface area contributed by atoms with Crippen LogP contribution in [0.3, 0.4) is 0 Å². The van der Waals surface area contributed by atoms with Crippen LogP contribution in [0.5, 0.6) is 11.8 Å². The smallest absolute Gasteiger partial charge is 0.224 e. The van der Waals surface area contributed by atoms with Crippen molar-refractivity contribution >= 4 is 35.3 Å². The number of ether oxygens (including phenoxy) is 2. The molecule has 0 radical (unpaired) electrons. The van der Waals surface area contributed by atoms with Gasteiger partial charge in [-0.2, -0.15) is 0 Å². The zero-order chi connectivity index (χ0) is 34.3. The largest absolute Gasteiger partial charge is 0.481 e. The minimum Gasteiger partial charge on any atom is -0.481 e. The molecule has 0 saturated heterocycles. The van der Waals surface area contributed by atoms with Gasteiger partial charge in [0.2, 0.25) is 22.4 Å². The number of aryl methyl sites for hydroxylation is 2. The lowest BCUT2D eigenvalue weighted by Gasteiger charge is -2.15. The first-order chi connectivity index (χ1) is 23.8. The van der Waals surface area contributed by atoms with Gasteiger partial charge in [0, 0.05) is 30.9 Å². The van der Waals surface area contributed by atoms with E-state index in [0.717, 1.165) is 66.6 Å². The second-order valence-corrected chi connectivity index (χ2v) is 13.0. The summed E-state index contributed by atoms with van der Waals surface area (Å²) in [5.41, 5.74) is 17.8. The molecule has 10 nitrogen and oxygen atoms in total. The van der Waals surface area contributed by atoms with Gasteiger partial charge in [0.25, 0.3) is 0 Å². The van der Waals surface area contributed by atoms with Crippen molar-refractivity contribution in [3.63, 3.8) is 0 Å². The first-order valence-electron chi connectivity index (χ1n) is 16.3. The first kappa shape index (κ1) is 33.9. The van der Waals surface area contributed by atoms with Crippen LogP contribution in [-0.4, -0.2) is 56.8 Å². The van der Waals surface area contributed by atoms with Gasteiger partial charge in [0.15, 0.2) is 0 Å². The number of thiocarbonyl (C=S) groups is 1. The molecular formula is C37H39N7O3S2. The monoisotopic (exact) mass is 693 g/mol. The average Bonchev–Trinajstić information content (AvgIpc) is 3.89. The van der Waals surface area contributed by atoms with Gasteiger partial charge in [-0.05, 0) is 119 Å². The van der Waals surface area contributed by atoms with Crippen LogP contribution in [0.25, 0.3) is 22.3 Å². The summed E-state index contributed by atoms with van der Waals surface area (Å²) in [6, 6.07) is 16.6. The van der Waals surface area contributed by atoms with Crippen molar-refractivity contribution in [2.24, 2.45) is 5.73 Å². The molecule has 252 valence electrons.